The fourth-order valence-electron chi connectivity index (χ4n) is 1.39. The molecule has 0 saturated carbocycles. The molecule has 0 amide bonds. The van der Waals surface area contributed by atoms with Crippen LogP contribution in [-0.4, -0.2) is 36.8 Å². The topological polar surface area (TPSA) is 23.5 Å². The summed E-state index contributed by atoms with van der Waals surface area (Å²) in [4.78, 5) is 2.19. The summed E-state index contributed by atoms with van der Waals surface area (Å²) >= 11 is 0. The minimum absolute atomic E-state index is 0.0536. The van der Waals surface area contributed by atoms with Gasteiger partial charge in [0.1, 0.15) is 0 Å². The Balaban J connectivity index is 3.12. The maximum absolute atomic E-state index is 9.53. The summed E-state index contributed by atoms with van der Waals surface area (Å²) in [6.07, 6.45) is 6.62. The lowest BCUT2D eigenvalue weighted by molar-refractivity contribution is 0.147. The van der Waals surface area contributed by atoms with E-state index in [9.17, 15) is 5.11 Å². The minimum Gasteiger partial charge on any atom is -0.393 e. The van der Waals surface area contributed by atoms with Crippen LogP contribution in [0.5, 0.6) is 0 Å². The summed E-state index contributed by atoms with van der Waals surface area (Å²) in [6.45, 7) is 3.30. The Hall–Kier alpha value is -0.0800. The van der Waals surface area contributed by atoms with Crippen molar-refractivity contribution in [1.29, 1.82) is 0 Å². The van der Waals surface area contributed by atoms with Crippen molar-refractivity contribution in [2.24, 2.45) is 0 Å². The second-order valence-electron chi connectivity index (χ2n) is 4.10. The number of unbranched alkanes of at least 4 members (excludes halogenated alkanes) is 2. The van der Waals surface area contributed by atoms with E-state index in [-0.39, 0.29) is 6.10 Å². The standard InChI is InChI=1S/C11H25NO/c1-4-5-8-11(13)9-6-7-10-12(2)3/h11,13H,4-10H2,1-3H3. The van der Waals surface area contributed by atoms with E-state index in [2.05, 4.69) is 25.9 Å². The lowest BCUT2D eigenvalue weighted by Crippen LogP contribution is -2.14. The third-order valence-electron chi connectivity index (χ3n) is 2.28. The van der Waals surface area contributed by atoms with Gasteiger partial charge in [0.15, 0.2) is 0 Å². The van der Waals surface area contributed by atoms with Crippen molar-refractivity contribution in [3.63, 3.8) is 0 Å². The minimum atomic E-state index is -0.0536. The molecule has 0 aliphatic rings. The van der Waals surface area contributed by atoms with E-state index in [1.54, 1.807) is 0 Å². The first-order valence-electron chi connectivity index (χ1n) is 5.49. The van der Waals surface area contributed by atoms with Crippen LogP contribution in [0, 0.1) is 0 Å². The van der Waals surface area contributed by atoms with E-state index in [4.69, 9.17) is 0 Å². The molecular formula is C11H25NO. The van der Waals surface area contributed by atoms with E-state index in [1.165, 1.54) is 12.8 Å². The smallest absolute Gasteiger partial charge is 0.0540 e. The number of nitrogens with zero attached hydrogens (tertiary/aromatic N) is 1. The zero-order valence-electron chi connectivity index (χ0n) is 9.42. The molecule has 2 heteroatoms. The van der Waals surface area contributed by atoms with Gasteiger partial charge in [0.2, 0.25) is 0 Å². The van der Waals surface area contributed by atoms with Crippen molar-refractivity contribution in [2.75, 3.05) is 20.6 Å². The maximum Gasteiger partial charge on any atom is 0.0540 e. The van der Waals surface area contributed by atoms with Crippen molar-refractivity contribution in [2.45, 2.75) is 51.6 Å². The third kappa shape index (κ3) is 9.84. The van der Waals surface area contributed by atoms with Gasteiger partial charge in [-0.3, -0.25) is 0 Å². The lowest BCUT2D eigenvalue weighted by Gasteiger charge is -2.11. The monoisotopic (exact) mass is 187 g/mol. The Kier molecular flexibility index (Phi) is 8.46. The van der Waals surface area contributed by atoms with E-state index >= 15 is 0 Å². The molecule has 80 valence electrons. The summed E-state index contributed by atoms with van der Waals surface area (Å²) in [5, 5.41) is 9.53. The number of hydrogen-bond donors (Lipinski definition) is 1. The Labute approximate surface area is 82.9 Å². The van der Waals surface area contributed by atoms with Gasteiger partial charge in [-0.05, 0) is 46.3 Å². The average molecular weight is 187 g/mol. The predicted molar refractivity (Wildman–Crippen MR) is 57.9 cm³/mol. The molecule has 1 N–H and O–H groups in total. The van der Waals surface area contributed by atoms with Crippen molar-refractivity contribution < 1.29 is 5.11 Å². The quantitative estimate of drug-likeness (QED) is 0.589. The molecule has 0 aromatic carbocycles. The van der Waals surface area contributed by atoms with Crippen LogP contribution >= 0.6 is 0 Å². The van der Waals surface area contributed by atoms with Crippen LogP contribution < -0.4 is 0 Å². The van der Waals surface area contributed by atoms with Gasteiger partial charge in [-0.1, -0.05) is 19.8 Å². The molecule has 0 spiro atoms. The van der Waals surface area contributed by atoms with Crippen molar-refractivity contribution in [1.82, 2.24) is 4.90 Å². The molecule has 0 heterocycles. The van der Waals surface area contributed by atoms with Crippen LogP contribution in [0.3, 0.4) is 0 Å². The maximum atomic E-state index is 9.53. The van der Waals surface area contributed by atoms with E-state index in [0.29, 0.717) is 0 Å². The molecule has 0 saturated heterocycles. The SMILES string of the molecule is CCCCC(O)CCCCN(C)C. The molecular weight excluding hydrogens is 162 g/mol. The van der Waals surface area contributed by atoms with Crippen LogP contribution in [0.15, 0.2) is 0 Å². The molecule has 1 unspecified atom stereocenters. The molecule has 2 nitrogen and oxygen atoms in total. The van der Waals surface area contributed by atoms with E-state index < -0.39 is 0 Å². The van der Waals surface area contributed by atoms with Crippen LogP contribution in [0.2, 0.25) is 0 Å². The first-order chi connectivity index (χ1) is 6.16. The van der Waals surface area contributed by atoms with Crippen molar-refractivity contribution in [3.05, 3.63) is 0 Å². The van der Waals surface area contributed by atoms with Gasteiger partial charge < -0.3 is 10.0 Å². The highest BCUT2D eigenvalue weighted by molar-refractivity contribution is 4.56. The molecule has 13 heavy (non-hydrogen) atoms. The van der Waals surface area contributed by atoms with Crippen LogP contribution in [0.25, 0.3) is 0 Å². The zero-order chi connectivity index (χ0) is 10.1. The van der Waals surface area contributed by atoms with Crippen molar-refractivity contribution >= 4 is 0 Å². The van der Waals surface area contributed by atoms with E-state index in [1.807, 2.05) is 0 Å². The van der Waals surface area contributed by atoms with Crippen LogP contribution in [0.4, 0.5) is 0 Å². The Morgan fingerprint density at radius 1 is 1.08 bits per heavy atom. The first kappa shape index (κ1) is 12.9. The third-order valence-corrected chi connectivity index (χ3v) is 2.28. The molecule has 0 fully saturated rings. The van der Waals surface area contributed by atoms with Gasteiger partial charge in [-0.2, -0.15) is 0 Å². The molecule has 0 rings (SSSR count). The molecule has 1 atom stereocenters. The Morgan fingerprint density at radius 3 is 2.23 bits per heavy atom. The summed E-state index contributed by atoms with van der Waals surface area (Å²) < 4.78 is 0. The fraction of sp³-hybridized carbons (Fsp3) is 1.00. The molecule has 0 aromatic rings. The molecule has 0 aliphatic carbocycles. The number of rotatable bonds is 8. The van der Waals surface area contributed by atoms with Crippen LogP contribution in [-0.2, 0) is 0 Å². The summed E-state index contributed by atoms with van der Waals surface area (Å²) in [7, 11) is 4.18. The lowest BCUT2D eigenvalue weighted by atomic mass is 10.1. The number of hydrogen-bond acceptors (Lipinski definition) is 2. The largest absolute Gasteiger partial charge is 0.393 e. The highest BCUT2D eigenvalue weighted by Gasteiger charge is 2.02. The normalized spacial score (nSPS) is 13.6. The molecule has 0 aromatic heterocycles. The molecule has 0 aliphatic heterocycles. The first-order valence-corrected chi connectivity index (χ1v) is 5.49. The zero-order valence-corrected chi connectivity index (χ0v) is 9.42. The molecule has 0 radical (unpaired) electrons. The summed E-state index contributed by atoms with van der Waals surface area (Å²) in [5.74, 6) is 0. The van der Waals surface area contributed by atoms with Crippen molar-refractivity contribution in [3.8, 4) is 0 Å². The van der Waals surface area contributed by atoms with E-state index in [0.717, 1.165) is 32.2 Å². The molecule has 0 bridgehead atoms. The van der Waals surface area contributed by atoms with Gasteiger partial charge in [0.05, 0.1) is 6.10 Å². The second-order valence-corrected chi connectivity index (χ2v) is 4.10. The van der Waals surface area contributed by atoms with Gasteiger partial charge in [0, 0.05) is 0 Å². The average Bonchev–Trinajstić information content (AvgIpc) is 2.08. The van der Waals surface area contributed by atoms with Gasteiger partial charge >= 0.3 is 0 Å². The summed E-state index contributed by atoms with van der Waals surface area (Å²) in [6, 6.07) is 0. The fourth-order valence-corrected chi connectivity index (χ4v) is 1.39. The number of aliphatic hydroxyl groups is 1. The summed E-state index contributed by atoms with van der Waals surface area (Å²) in [5.41, 5.74) is 0. The Morgan fingerprint density at radius 2 is 1.69 bits per heavy atom. The van der Waals surface area contributed by atoms with Gasteiger partial charge in [-0.25, -0.2) is 0 Å². The van der Waals surface area contributed by atoms with Crippen LogP contribution in [0.1, 0.15) is 45.4 Å². The van der Waals surface area contributed by atoms with Gasteiger partial charge in [0.25, 0.3) is 0 Å². The number of aliphatic hydroxyl groups excluding tert-OH is 1. The Bertz CT molecular complexity index is 104. The highest BCUT2D eigenvalue weighted by Crippen LogP contribution is 2.08. The van der Waals surface area contributed by atoms with Gasteiger partial charge in [-0.15, -0.1) is 0 Å². The second kappa shape index (κ2) is 8.52. The predicted octanol–water partition coefficient (Wildman–Crippen LogP) is 2.27. The highest BCUT2D eigenvalue weighted by atomic mass is 16.3.